The normalized spacial score (nSPS) is 26.8. The molecular weight excluding hydrogens is 310 g/mol. The summed E-state index contributed by atoms with van der Waals surface area (Å²) in [5.74, 6) is -0.860. The van der Waals surface area contributed by atoms with Crippen LogP contribution in [-0.2, 0) is 14.3 Å². The topological polar surface area (TPSA) is 87.1 Å². The zero-order valence-corrected chi connectivity index (χ0v) is 13.9. The molecule has 0 amide bonds. The summed E-state index contributed by atoms with van der Waals surface area (Å²) in [7, 11) is 2.17. The van der Waals surface area contributed by atoms with Crippen molar-refractivity contribution in [2.24, 2.45) is 0 Å². The number of fused-ring (bicyclic) bond motifs is 2. The van der Waals surface area contributed by atoms with Gasteiger partial charge < -0.3 is 19.8 Å². The van der Waals surface area contributed by atoms with Crippen molar-refractivity contribution in [3.63, 3.8) is 0 Å². The van der Waals surface area contributed by atoms with Crippen LogP contribution in [0.15, 0.2) is 30.3 Å². The Balaban J connectivity index is 0.000000647. The van der Waals surface area contributed by atoms with E-state index in [1.54, 1.807) is 0 Å². The van der Waals surface area contributed by atoms with E-state index < -0.39 is 5.92 Å². The molecule has 2 heterocycles. The molecule has 6 heteroatoms. The molecule has 0 spiro atoms. The van der Waals surface area contributed by atoms with Gasteiger partial charge in [-0.2, -0.15) is 0 Å². The summed E-state index contributed by atoms with van der Waals surface area (Å²) in [6.07, 6.45) is 4.26. The Hall–Kier alpha value is -1.92. The standard InChI is InChI=1S/C17H23NO3.CH2O2/c1-18-13-7-8-14(18)10-15(9-13)21-17(20)16(11-19)12-5-3-2-4-6-12;2-1-3/h2-6,13-16,19H,7-11H2,1H3;1H,(H,2,3)/t13-,14+,15+,16?;. The number of carboxylic acid groups (broad SMARTS) is 1. The van der Waals surface area contributed by atoms with Crippen molar-refractivity contribution in [3.8, 4) is 0 Å². The van der Waals surface area contributed by atoms with E-state index in [1.807, 2.05) is 30.3 Å². The zero-order chi connectivity index (χ0) is 17.5. The van der Waals surface area contributed by atoms with E-state index in [-0.39, 0.29) is 25.2 Å². The lowest BCUT2D eigenvalue weighted by Gasteiger charge is -2.36. The Labute approximate surface area is 142 Å². The van der Waals surface area contributed by atoms with Crippen LogP contribution in [0.3, 0.4) is 0 Å². The van der Waals surface area contributed by atoms with E-state index in [1.165, 1.54) is 12.8 Å². The molecule has 0 aromatic heterocycles. The van der Waals surface area contributed by atoms with Crippen LogP contribution in [0.5, 0.6) is 0 Å². The molecule has 4 atom stereocenters. The number of piperidine rings is 1. The third-order valence-corrected chi connectivity index (χ3v) is 5.01. The minimum atomic E-state index is -0.566. The second-order valence-corrected chi connectivity index (χ2v) is 6.33. The fourth-order valence-electron chi connectivity index (χ4n) is 3.71. The van der Waals surface area contributed by atoms with Gasteiger partial charge >= 0.3 is 5.97 Å². The Morgan fingerprint density at radius 2 is 1.83 bits per heavy atom. The van der Waals surface area contributed by atoms with Crippen LogP contribution in [0.2, 0.25) is 0 Å². The summed E-state index contributed by atoms with van der Waals surface area (Å²) in [5.41, 5.74) is 0.820. The van der Waals surface area contributed by atoms with Crippen molar-refractivity contribution in [2.75, 3.05) is 13.7 Å². The van der Waals surface area contributed by atoms with Gasteiger partial charge in [0.05, 0.1) is 6.61 Å². The number of carbonyl (C=O) groups is 2. The third kappa shape index (κ3) is 4.33. The first-order chi connectivity index (χ1) is 11.6. The van der Waals surface area contributed by atoms with Crippen LogP contribution in [-0.4, -0.2) is 59.4 Å². The maximum Gasteiger partial charge on any atom is 0.316 e. The van der Waals surface area contributed by atoms with Gasteiger partial charge in [0.25, 0.3) is 6.47 Å². The fraction of sp³-hybridized carbons (Fsp3) is 0.556. The Morgan fingerprint density at radius 1 is 1.29 bits per heavy atom. The molecule has 0 radical (unpaired) electrons. The van der Waals surface area contributed by atoms with Crippen molar-refractivity contribution < 1.29 is 24.5 Å². The molecule has 2 saturated heterocycles. The second kappa shape index (κ2) is 8.80. The molecule has 0 aliphatic carbocycles. The summed E-state index contributed by atoms with van der Waals surface area (Å²) >= 11 is 0. The summed E-state index contributed by atoms with van der Waals surface area (Å²) < 4.78 is 5.70. The molecule has 0 saturated carbocycles. The predicted octanol–water partition coefficient (Wildman–Crippen LogP) is 1.63. The van der Waals surface area contributed by atoms with Crippen molar-refractivity contribution in [1.82, 2.24) is 4.90 Å². The van der Waals surface area contributed by atoms with Crippen LogP contribution in [0.25, 0.3) is 0 Å². The van der Waals surface area contributed by atoms with Gasteiger partial charge in [-0.15, -0.1) is 0 Å². The van der Waals surface area contributed by atoms with Crippen molar-refractivity contribution in [3.05, 3.63) is 35.9 Å². The summed E-state index contributed by atoms with van der Waals surface area (Å²) in [5, 5.41) is 16.4. The minimum absolute atomic E-state index is 0.00367. The molecule has 132 valence electrons. The molecule has 2 N–H and O–H groups in total. The first-order valence-corrected chi connectivity index (χ1v) is 8.26. The zero-order valence-electron chi connectivity index (χ0n) is 13.9. The van der Waals surface area contributed by atoms with Crippen LogP contribution in [0.4, 0.5) is 0 Å². The van der Waals surface area contributed by atoms with E-state index in [0.29, 0.717) is 12.1 Å². The number of rotatable bonds is 4. The number of carbonyl (C=O) groups excluding carboxylic acids is 1. The summed E-state index contributed by atoms with van der Waals surface area (Å²) in [4.78, 5) is 23.1. The van der Waals surface area contributed by atoms with Gasteiger partial charge in [-0.05, 0) is 38.3 Å². The highest BCUT2D eigenvalue weighted by molar-refractivity contribution is 5.78. The SMILES string of the molecule is CN1[C@@H]2CC[C@H]1C[C@@H](OC(=O)C(CO)c1ccccc1)C2.O=CO. The Kier molecular flexibility index (Phi) is 6.75. The second-order valence-electron chi connectivity index (χ2n) is 6.33. The minimum Gasteiger partial charge on any atom is -0.483 e. The van der Waals surface area contributed by atoms with Crippen molar-refractivity contribution in [2.45, 2.75) is 49.8 Å². The maximum atomic E-state index is 12.4. The molecule has 1 aromatic carbocycles. The van der Waals surface area contributed by atoms with Gasteiger partial charge in [-0.3, -0.25) is 9.59 Å². The lowest BCUT2D eigenvalue weighted by Crippen LogP contribution is -2.43. The fourth-order valence-corrected chi connectivity index (χ4v) is 3.71. The number of ether oxygens (including phenoxy) is 1. The number of aliphatic hydroxyl groups excluding tert-OH is 1. The number of benzene rings is 1. The van der Waals surface area contributed by atoms with Gasteiger partial charge in [-0.25, -0.2) is 0 Å². The Bertz CT molecular complexity index is 521. The van der Waals surface area contributed by atoms with Gasteiger partial charge in [-0.1, -0.05) is 30.3 Å². The summed E-state index contributed by atoms with van der Waals surface area (Å²) in [6, 6.07) is 10.5. The number of hydrogen-bond acceptors (Lipinski definition) is 5. The number of nitrogens with zero attached hydrogens (tertiary/aromatic N) is 1. The van der Waals surface area contributed by atoms with Crippen LogP contribution in [0.1, 0.15) is 37.2 Å². The highest BCUT2D eigenvalue weighted by atomic mass is 16.5. The van der Waals surface area contributed by atoms with Crippen LogP contribution >= 0.6 is 0 Å². The molecule has 24 heavy (non-hydrogen) atoms. The first-order valence-electron chi connectivity index (χ1n) is 8.26. The van der Waals surface area contributed by atoms with Crippen molar-refractivity contribution in [1.29, 1.82) is 0 Å². The highest BCUT2D eigenvalue weighted by Crippen LogP contribution is 2.36. The lowest BCUT2D eigenvalue weighted by molar-refractivity contribution is -0.155. The van der Waals surface area contributed by atoms with E-state index in [0.717, 1.165) is 18.4 Å². The maximum absolute atomic E-state index is 12.4. The van der Waals surface area contributed by atoms with Gasteiger partial charge in [0.15, 0.2) is 0 Å². The van der Waals surface area contributed by atoms with Gasteiger partial charge in [0, 0.05) is 12.1 Å². The molecule has 1 unspecified atom stereocenters. The smallest absolute Gasteiger partial charge is 0.316 e. The van der Waals surface area contributed by atoms with Gasteiger partial charge in [0.2, 0.25) is 0 Å². The molecule has 2 aliphatic rings. The first kappa shape index (κ1) is 18.4. The highest BCUT2D eigenvalue weighted by Gasteiger charge is 2.40. The molecule has 2 aliphatic heterocycles. The monoisotopic (exact) mass is 335 g/mol. The summed E-state index contributed by atoms with van der Waals surface area (Å²) in [6.45, 7) is -0.456. The quantitative estimate of drug-likeness (QED) is 0.642. The molecule has 3 rings (SSSR count). The van der Waals surface area contributed by atoms with E-state index in [4.69, 9.17) is 14.6 Å². The average molecular weight is 335 g/mol. The Morgan fingerprint density at radius 3 is 2.33 bits per heavy atom. The molecule has 2 fully saturated rings. The van der Waals surface area contributed by atoms with Crippen molar-refractivity contribution >= 4 is 12.4 Å². The average Bonchev–Trinajstić information content (AvgIpc) is 2.79. The number of aliphatic hydroxyl groups is 1. The van der Waals surface area contributed by atoms with E-state index in [9.17, 15) is 9.90 Å². The molecule has 1 aromatic rings. The van der Waals surface area contributed by atoms with E-state index >= 15 is 0 Å². The molecular formula is C18H25NO5. The molecule has 2 bridgehead atoms. The number of esters is 1. The van der Waals surface area contributed by atoms with Gasteiger partial charge in [0.1, 0.15) is 12.0 Å². The number of hydrogen-bond donors (Lipinski definition) is 2. The van der Waals surface area contributed by atoms with Crippen LogP contribution in [0, 0.1) is 0 Å². The van der Waals surface area contributed by atoms with Crippen LogP contribution < -0.4 is 0 Å². The molecule has 6 nitrogen and oxygen atoms in total. The third-order valence-electron chi connectivity index (χ3n) is 5.01. The largest absolute Gasteiger partial charge is 0.483 e. The predicted molar refractivity (Wildman–Crippen MR) is 88.6 cm³/mol. The lowest BCUT2D eigenvalue weighted by atomic mass is 9.98. The van der Waals surface area contributed by atoms with E-state index in [2.05, 4.69) is 11.9 Å².